The number of carbonyl (C=O) groups excluding carboxylic acids is 1. The van der Waals surface area contributed by atoms with Crippen molar-refractivity contribution in [2.24, 2.45) is 23.5 Å². The molecule has 2 fully saturated rings. The predicted molar refractivity (Wildman–Crippen MR) is 67.5 cm³/mol. The lowest BCUT2D eigenvalue weighted by Gasteiger charge is -2.18. The summed E-state index contributed by atoms with van der Waals surface area (Å²) in [6, 6.07) is 0. The van der Waals surface area contributed by atoms with Gasteiger partial charge in [0.2, 0.25) is 5.91 Å². The molecule has 4 heteroatoms. The Labute approximate surface area is 104 Å². The predicted octanol–water partition coefficient (Wildman–Crippen LogP) is 1.70. The minimum atomic E-state index is -0.296. The van der Waals surface area contributed by atoms with Gasteiger partial charge in [-0.2, -0.15) is 0 Å². The number of rotatable bonds is 3. The third-order valence-electron chi connectivity index (χ3n) is 3.68. The summed E-state index contributed by atoms with van der Waals surface area (Å²) in [6.45, 7) is 4.46. The van der Waals surface area contributed by atoms with Crippen molar-refractivity contribution >= 4 is 18.3 Å². The lowest BCUT2D eigenvalue weighted by molar-refractivity contribution is -0.123. The van der Waals surface area contributed by atoms with Crippen LogP contribution in [0.1, 0.15) is 39.5 Å². The molecule has 0 bridgehead atoms. The van der Waals surface area contributed by atoms with Crippen molar-refractivity contribution in [1.82, 2.24) is 5.32 Å². The van der Waals surface area contributed by atoms with Gasteiger partial charge in [0.05, 0.1) is 0 Å². The first kappa shape index (κ1) is 13.8. The summed E-state index contributed by atoms with van der Waals surface area (Å²) in [5.41, 5.74) is 5.54. The molecule has 3 N–H and O–H groups in total. The third kappa shape index (κ3) is 3.11. The SMILES string of the molecule is CC(C)(N)CNC(=O)C1C2CCCCC21.Cl. The van der Waals surface area contributed by atoms with Crippen molar-refractivity contribution in [3.05, 3.63) is 0 Å². The Kier molecular flexibility index (Phi) is 4.24. The fourth-order valence-electron chi connectivity index (χ4n) is 2.81. The Balaban J connectivity index is 0.00000128. The second-order valence-electron chi connectivity index (χ2n) is 5.84. The minimum Gasteiger partial charge on any atom is -0.354 e. The maximum atomic E-state index is 11.9. The number of halogens is 1. The van der Waals surface area contributed by atoms with Crippen molar-refractivity contribution < 1.29 is 4.79 Å². The standard InChI is InChI=1S/C12H22N2O.ClH/c1-12(2,13)7-14-11(15)10-8-5-3-4-6-9(8)10;/h8-10H,3-7,13H2,1-2H3,(H,14,15);1H. The lowest BCUT2D eigenvalue weighted by Crippen LogP contribution is -2.45. The summed E-state index contributed by atoms with van der Waals surface area (Å²) < 4.78 is 0. The summed E-state index contributed by atoms with van der Waals surface area (Å²) in [4.78, 5) is 11.9. The molecule has 94 valence electrons. The van der Waals surface area contributed by atoms with Crippen LogP contribution in [0.4, 0.5) is 0 Å². The fourth-order valence-corrected chi connectivity index (χ4v) is 2.81. The average Bonchev–Trinajstić information content (AvgIpc) is 2.87. The molecular weight excluding hydrogens is 224 g/mol. The van der Waals surface area contributed by atoms with Gasteiger partial charge in [-0.3, -0.25) is 4.79 Å². The maximum Gasteiger partial charge on any atom is 0.223 e. The normalized spacial score (nSPS) is 32.3. The highest BCUT2D eigenvalue weighted by atomic mass is 35.5. The maximum absolute atomic E-state index is 11.9. The van der Waals surface area contributed by atoms with E-state index in [2.05, 4.69) is 5.32 Å². The zero-order valence-electron chi connectivity index (χ0n) is 10.2. The van der Waals surface area contributed by atoms with Crippen LogP contribution in [0.25, 0.3) is 0 Å². The van der Waals surface area contributed by atoms with E-state index in [0.29, 0.717) is 24.3 Å². The third-order valence-corrected chi connectivity index (χ3v) is 3.68. The van der Waals surface area contributed by atoms with Gasteiger partial charge in [0.1, 0.15) is 0 Å². The van der Waals surface area contributed by atoms with E-state index >= 15 is 0 Å². The largest absolute Gasteiger partial charge is 0.354 e. The molecule has 2 aliphatic carbocycles. The van der Waals surface area contributed by atoms with E-state index in [0.717, 1.165) is 0 Å². The van der Waals surface area contributed by atoms with E-state index in [1.165, 1.54) is 25.7 Å². The van der Waals surface area contributed by atoms with E-state index in [1.807, 2.05) is 13.8 Å². The van der Waals surface area contributed by atoms with Gasteiger partial charge in [-0.1, -0.05) is 12.8 Å². The number of nitrogens with one attached hydrogen (secondary N) is 1. The van der Waals surface area contributed by atoms with Gasteiger partial charge in [-0.05, 0) is 38.5 Å². The van der Waals surface area contributed by atoms with Crippen molar-refractivity contribution in [2.45, 2.75) is 45.1 Å². The van der Waals surface area contributed by atoms with Gasteiger partial charge in [0, 0.05) is 18.0 Å². The summed E-state index contributed by atoms with van der Waals surface area (Å²) in [5, 5.41) is 2.98. The van der Waals surface area contributed by atoms with E-state index < -0.39 is 0 Å². The van der Waals surface area contributed by atoms with Gasteiger partial charge in [0.25, 0.3) is 0 Å². The van der Waals surface area contributed by atoms with Crippen LogP contribution in [0.2, 0.25) is 0 Å². The fraction of sp³-hybridized carbons (Fsp3) is 0.917. The molecule has 0 radical (unpaired) electrons. The van der Waals surface area contributed by atoms with Crippen LogP contribution in [0.5, 0.6) is 0 Å². The number of hydrogen-bond acceptors (Lipinski definition) is 2. The molecule has 0 aromatic carbocycles. The number of nitrogens with two attached hydrogens (primary N) is 1. The van der Waals surface area contributed by atoms with Gasteiger partial charge in [-0.15, -0.1) is 12.4 Å². The molecule has 0 spiro atoms. The summed E-state index contributed by atoms with van der Waals surface area (Å²) in [7, 11) is 0. The highest BCUT2D eigenvalue weighted by molar-refractivity contribution is 5.85. The summed E-state index contributed by atoms with van der Waals surface area (Å²) in [5.74, 6) is 1.94. The number of carbonyl (C=O) groups is 1. The average molecular weight is 247 g/mol. The zero-order chi connectivity index (χ0) is 11.1. The summed E-state index contributed by atoms with van der Waals surface area (Å²) in [6.07, 6.45) is 5.14. The molecule has 2 unspecified atom stereocenters. The number of amides is 1. The number of hydrogen-bond donors (Lipinski definition) is 2. The van der Waals surface area contributed by atoms with Crippen LogP contribution in [-0.4, -0.2) is 18.0 Å². The second-order valence-corrected chi connectivity index (χ2v) is 5.84. The molecular formula is C12H23ClN2O. The van der Waals surface area contributed by atoms with E-state index in [4.69, 9.17) is 5.73 Å². The van der Waals surface area contributed by atoms with Crippen LogP contribution in [0, 0.1) is 17.8 Å². The Morgan fingerprint density at radius 1 is 1.31 bits per heavy atom. The van der Waals surface area contributed by atoms with Crippen molar-refractivity contribution in [2.75, 3.05) is 6.54 Å². The Morgan fingerprint density at radius 3 is 2.25 bits per heavy atom. The first-order valence-corrected chi connectivity index (χ1v) is 6.06. The Hall–Kier alpha value is -0.280. The van der Waals surface area contributed by atoms with E-state index in [1.54, 1.807) is 0 Å². The topological polar surface area (TPSA) is 55.1 Å². The molecule has 2 atom stereocenters. The molecule has 3 nitrogen and oxygen atoms in total. The molecule has 0 aromatic heterocycles. The monoisotopic (exact) mass is 246 g/mol. The van der Waals surface area contributed by atoms with Crippen LogP contribution in [0.3, 0.4) is 0 Å². The lowest BCUT2D eigenvalue weighted by atomic mass is 10.0. The van der Waals surface area contributed by atoms with E-state index in [9.17, 15) is 4.79 Å². The molecule has 2 saturated carbocycles. The second kappa shape index (κ2) is 4.92. The molecule has 1 amide bonds. The quantitative estimate of drug-likeness (QED) is 0.797. The zero-order valence-corrected chi connectivity index (χ0v) is 11.0. The van der Waals surface area contributed by atoms with Crippen LogP contribution in [0.15, 0.2) is 0 Å². The molecule has 0 saturated heterocycles. The van der Waals surface area contributed by atoms with Crippen molar-refractivity contribution in [3.8, 4) is 0 Å². The van der Waals surface area contributed by atoms with Crippen LogP contribution in [-0.2, 0) is 4.79 Å². The van der Waals surface area contributed by atoms with Crippen molar-refractivity contribution in [1.29, 1.82) is 0 Å². The first-order valence-electron chi connectivity index (χ1n) is 6.06. The molecule has 0 aromatic rings. The highest BCUT2D eigenvalue weighted by Gasteiger charge is 2.54. The molecule has 2 aliphatic rings. The molecule has 0 aliphatic heterocycles. The molecule has 0 heterocycles. The number of fused-ring (bicyclic) bond motifs is 1. The molecule has 2 rings (SSSR count). The smallest absolute Gasteiger partial charge is 0.223 e. The summed E-state index contributed by atoms with van der Waals surface area (Å²) >= 11 is 0. The van der Waals surface area contributed by atoms with Gasteiger partial charge in [0.15, 0.2) is 0 Å². The Bertz CT molecular complexity index is 250. The van der Waals surface area contributed by atoms with Crippen LogP contribution < -0.4 is 11.1 Å². The van der Waals surface area contributed by atoms with Gasteiger partial charge < -0.3 is 11.1 Å². The molecule has 16 heavy (non-hydrogen) atoms. The minimum absolute atomic E-state index is 0. The highest BCUT2D eigenvalue weighted by Crippen LogP contribution is 2.55. The van der Waals surface area contributed by atoms with Gasteiger partial charge >= 0.3 is 0 Å². The first-order chi connectivity index (χ1) is 6.99. The van der Waals surface area contributed by atoms with E-state index in [-0.39, 0.29) is 23.9 Å². The van der Waals surface area contributed by atoms with Gasteiger partial charge in [-0.25, -0.2) is 0 Å². The van der Waals surface area contributed by atoms with Crippen molar-refractivity contribution in [3.63, 3.8) is 0 Å². The Morgan fingerprint density at radius 2 is 1.81 bits per heavy atom. The van der Waals surface area contributed by atoms with Crippen LogP contribution >= 0.6 is 12.4 Å².